The van der Waals surface area contributed by atoms with Gasteiger partial charge in [0.05, 0.1) is 41.0 Å². The zero-order valence-electron chi connectivity index (χ0n) is 6.96. The van der Waals surface area contributed by atoms with Gasteiger partial charge in [0.15, 0.2) is 0 Å². The number of alkyl halides is 3. The third-order valence-electron chi connectivity index (χ3n) is 2.36. The summed E-state index contributed by atoms with van der Waals surface area (Å²) in [6.45, 7) is 0.823. The summed E-state index contributed by atoms with van der Waals surface area (Å²) in [6, 6.07) is 0. The first-order chi connectivity index (χ1) is 6.22. The van der Waals surface area contributed by atoms with Gasteiger partial charge in [-0.1, -0.05) is 15.9 Å². The quantitative estimate of drug-likeness (QED) is 0.572. The van der Waals surface area contributed by atoms with Crippen LogP contribution >= 0.6 is 39.1 Å². The summed E-state index contributed by atoms with van der Waals surface area (Å²) in [7, 11) is 0. The van der Waals surface area contributed by atoms with E-state index in [4.69, 9.17) is 32.7 Å². The summed E-state index contributed by atoms with van der Waals surface area (Å²) < 4.78 is 10.5. The molecule has 2 aliphatic heterocycles. The van der Waals surface area contributed by atoms with Crippen LogP contribution < -0.4 is 0 Å². The van der Waals surface area contributed by atoms with Gasteiger partial charge in [-0.05, 0) is 6.42 Å². The molecule has 2 nitrogen and oxygen atoms in total. The highest BCUT2D eigenvalue weighted by molar-refractivity contribution is 9.09. The molecule has 0 N–H and O–H groups in total. The normalized spacial score (nSPS) is 41.3. The lowest BCUT2D eigenvalue weighted by Gasteiger charge is -2.12. The fourth-order valence-electron chi connectivity index (χ4n) is 1.35. The van der Waals surface area contributed by atoms with Crippen molar-refractivity contribution in [3.8, 4) is 0 Å². The zero-order valence-corrected chi connectivity index (χ0v) is 10.1. The Morgan fingerprint density at radius 1 is 1.46 bits per heavy atom. The molecule has 5 heteroatoms. The van der Waals surface area contributed by atoms with Crippen LogP contribution in [0.15, 0.2) is 0 Å². The second-order valence-electron chi connectivity index (χ2n) is 3.44. The number of ether oxygens (including phenoxy) is 2. The van der Waals surface area contributed by atoms with Crippen molar-refractivity contribution in [2.24, 2.45) is 0 Å². The molecule has 2 rings (SSSR count). The summed E-state index contributed by atoms with van der Waals surface area (Å²) >= 11 is 15.3. The van der Waals surface area contributed by atoms with E-state index >= 15 is 0 Å². The van der Waals surface area contributed by atoms with Crippen LogP contribution in [0.4, 0.5) is 0 Å². The predicted molar refractivity (Wildman–Crippen MR) is 56.1 cm³/mol. The highest BCUT2D eigenvalue weighted by atomic mass is 79.9. The van der Waals surface area contributed by atoms with Crippen molar-refractivity contribution >= 4 is 39.1 Å². The maximum absolute atomic E-state index is 6.17. The topological polar surface area (TPSA) is 25.1 Å². The Morgan fingerprint density at radius 2 is 2.15 bits per heavy atom. The molecule has 2 heterocycles. The monoisotopic (exact) mass is 288 g/mol. The average molecular weight is 290 g/mol. The summed E-state index contributed by atoms with van der Waals surface area (Å²) in [5.41, 5.74) is 0. The molecular weight excluding hydrogens is 279 g/mol. The second-order valence-corrected chi connectivity index (χ2v) is 5.36. The molecule has 0 bridgehead atoms. The van der Waals surface area contributed by atoms with Gasteiger partial charge in [-0.2, -0.15) is 0 Å². The van der Waals surface area contributed by atoms with Crippen molar-refractivity contribution in [3.05, 3.63) is 0 Å². The molecule has 0 saturated carbocycles. The largest absolute Gasteiger partial charge is 0.372 e. The zero-order chi connectivity index (χ0) is 9.42. The molecule has 76 valence electrons. The van der Waals surface area contributed by atoms with Crippen molar-refractivity contribution in [1.29, 1.82) is 0 Å². The standard InChI is InChI=1S/C8H11BrCl2O2/c9-8(7-3-12-7)4(11)1-5-6(2-10)13-5/h4-8H,1-3H2. The van der Waals surface area contributed by atoms with Crippen LogP contribution in [0.2, 0.25) is 0 Å². The van der Waals surface area contributed by atoms with Gasteiger partial charge < -0.3 is 9.47 Å². The molecule has 5 unspecified atom stereocenters. The van der Waals surface area contributed by atoms with Crippen molar-refractivity contribution < 1.29 is 9.47 Å². The van der Waals surface area contributed by atoms with E-state index in [9.17, 15) is 0 Å². The molecule has 0 aromatic rings. The Morgan fingerprint density at radius 3 is 2.62 bits per heavy atom. The fourth-order valence-corrected chi connectivity index (χ4v) is 2.48. The van der Waals surface area contributed by atoms with E-state index in [1.54, 1.807) is 0 Å². The van der Waals surface area contributed by atoms with E-state index in [1.165, 1.54) is 0 Å². The molecule has 13 heavy (non-hydrogen) atoms. The number of hydrogen-bond donors (Lipinski definition) is 0. The Hall–Kier alpha value is 0.980. The van der Waals surface area contributed by atoms with Gasteiger partial charge in [0, 0.05) is 0 Å². The summed E-state index contributed by atoms with van der Waals surface area (Å²) in [5, 5.41) is 0.0747. The molecular formula is C8H11BrCl2O2. The van der Waals surface area contributed by atoms with Gasteiger partial charge in [0.2, 0.25) is 0 Å². The maximum atomic E-state index is 6.17. The first kappa shape index (κ1) is 10.5. The second kappa shape index (κ2) is 4.23. The predicted octanol–water partition coefficient (Wildman–Crippen LogP) is 2.15. The van der Waals surface area contributed by atoms with Crippen LogP contribution in [0, 0.1) is 0 Å². The van der Waals surface area contributed by atoms with Gasteiger partial charge in [-0.3, -0.25) is 0 Å². The number of epoxide rings is 2. The van der Waals surface area contributed by atoms with Crippen molar-refractivity contribution in [2.75, 3.05) is 12.5 Å². The number of halogens is 3. The molecule has 2 fully saturated rings. The Bertz CT molecular complexity index is 189. The SMILES string of the molecule is ClCC1OC1CC(Cl)C(Br)C1CO1. The minimum atomic E-state index is 0.0747. The van der Waals surface area contributed by atoms with Crippen LogP contribution in [0.1, 0.15) is 6.42 Å². The third-order valence-corrected chi connectivity index (χ3v) is 4.64. The first-order valence-electron chi connectivity index (χ1n) is 4.33. The first-order valence-corrected chi connectivity index (χ1v) is 6.22. The van der Waals surface area contributed by atoms with Gasteiger partial charge in [-0.25, -0.2) is 0 Å². The lowest BCUT2D eigenvalue weighted by molar-refractivity contribution is 0.359. The maximum Gasteiger partial charge on any atom is 0.0977 e. The highest BCUT2D eigenvalue weighted by Gasteiger charge is 2.43. The average Bonchev–Trinajstić information content (AvgIpc) is 2.98. The Labute approximate surface area is 96.0 Å². The fraction of sp³-hybridized carbons (Fsp3) is 1.00. The van der Waals surface area contributed by atoms with E-state index in [2.05, 4.69) is 15.9 Å². The lowest BCUT2D eigenvalue weighted by Crippen LogP contribution is -2.22. The van der Waals surface area contributed by atoms with Crippen molar-refractivity contribution in [3.63, 3.8) is 0 Å². The molecule has 0 amide bonds. The van der Waals surface area contributed by atoms with Crippen LogP contribution in [0.25, 0.3) is 0 Å². The van der Waals surface area contributed by atoms with Gasteiger partial charge in [0.25, 0.3) is 0 Å². The van der Waals surface area contributed by atoms with E-state index in [0.29, 0.717) is 12.0 Å². The van der Waals surface area contributed by atoms with Gasteiger partial charge >= 0.3 is 0 Å². The van der Waals surface area contributed by atoms with Crippen LogP contribution in [0.5, 0.6) is 0 Å². The van der Waals surface area contributed by atoms with Crippen molar-refractivity contribution in [1.82, 2.24) is 0 Å². The molecule has 0 aliphatic carbocycles. The number of hydrogen-bond acceptors (Lipinski definition) is 2. The molecule has 0 radical (unpaired) electrons. The molecule has 2 aliphatic rings. The molecule has 0 aromatic heterocycles. The smallest absolute Gasteiger partial charge is 0.0977 e. The lowest BCUT2D eigenvalue weighted by atomic mass is 10.1. The van der Waals surface area contributed by atoms with E-state index in [1.807, 2.05) is 0 Å². The van der Waals surface area contributed by atoms with Crippen LogP contribution in [-0.4, -0.2) is 41.0 Å². The summed E-state index contributed by atoms with van der Waals surface area (Å²) in [4.78, 5) is 0.245. The minimum absolute atomic E-state index is 0.0747. The molecule has 0 spiro atoms. The van der Waals surface area contributed by atoms with Crippen LogP contribution in [0.3, 0.4) is 0 Å². The Balaban J connectivity index is 1.69. The molecule has 2 saturated heterocycles. The minimum Gasteiger partial charge on any atom is -0.372 e. The third kappa shape index (κ3) is 2.72. The highest BCUT2D eigenvalue weighted by Crippen LogP contribution is 2.34. The molecule has 0 aromatic carbocycles. The summed E-state index contributed by atoms with van der Waals surface area (Å²) in [5.74, 6) is 0.571. The van der Waals surface area contributed by atoms with E-state index in [0.717, 1.165) is 13.0 Å². The Kier molecular flexibility index (Phi) is 3.42. The molecule has 5 atom stereocenters. The van der Waals surface area contributed by atoms with Crippen molar-refractivity contribution in [2.45, 2.75) is 34.9 Å². The van der Waals surface area contributed by atoms with E-state index < -0.39 is 0 Å². The van der Waals surface area contributed by atoms with Gasteiger partial charge in [-0.15, -0.1) is 23.2 Å². The summed E-state index contributed by atoms with van der Waals surface area (Å²) in [6.07, 6.45) is 1.64. The van der Waals surface area contributed by atoms with Crippen LogP contribution in [-0.2, 0) is 9.47 Å². The number of rotatable bonds is 5. The van der Waals surface area contributed by atoms with Gasteiger partial charge in [0.1, 0.15) is 0 Å². The van der Waals surface area contributed by atoms with E-state index in [-0.39, 0.29) is 22.4 Å².